The van der Waals surface area contributed by atoms with Crippen molar-refractivity contribution < 1.29 is 9.21 Å². The summed E-state index contributed by atoms with van der Waals surface area (Å²) in [6.45, 7) is 3.57. The Morgan fingerprint density at radius 3 is 2.58 bits per heavy atom. The van der Waals surface area contributed by atoms with Gasteiger partial charge in [-0.2, -0.15) is 0 Å². The molecule has 0 radical (unpaired) electrons. The van der Waals surface area contributed by atoms with Gasteiger partial charge >= 0.3 is 0 Å². The average molecular weight is 257 g/mol. The van der Waals surface area contributed by atoms with Crippen molar-refractivity contribution in [3.8, 4) is 0 Å². The molecule has 1 aromatic heterocycles. The highest BCUT2D eigenvalue weighted by Gasteiger charge is 2.08. The molecule has 0 unspecified atom stereocenters. The lowest BCUT2D eigenvalue weighted by molar-refractivity contribution is 0.0968. The zero-order valence-electron chi connectivity index (χ0n) is 11.4. The minimum absolute atomic E-state index is 0.194. The first kappa shape index (κ1) is 13.6. The number of aryl methyl sites for hydroxylation is 1. The molecule has 2 aromatic rings. The Hall–Kier alpha value is -1.87. The predicted molar refractivity (Wildman–Crippen MR) is 75.2 cm³/mol. The molecule has 3 heteroatoms. The lowest BCUT2D eigenvalue weighted by Gasteiger charge is -2.14. The van der Waals surface area contributed by atoms with E-state index >= 15 is 0 Å². The Kier molecular flexibility index (Phi) is 4.53. The first-order valence-electron chi connectivity index (χ1n) is 6.44. The first-order valence-corrected chi connectivity index (χ1v) is 6.44. The molecule has 0 amide bonds. The Balaban J connectivity index is 1.81. The van der Waals surface area contributed by atoms with Crippen LogP contribution in [0.4, 0.5) is 0 Å². The number of ketones is 1. The molecule has 0 fully saturated rings. The number of carbonyl (C=O) groups excluding carboxylic acids is 1. The summed E-state index contributed by atoms with van der Waals surface area (Å²) in [7, 11) is 2.01. The maximum absolute atomic E-state index is 12.0. The second-order valence-electron chi connectivity index (χ2n) is 4.91. The molecule has 1 heterocycles. The molecule has 3 nitrogen and oxygen atoms in total. The third-order valence-corrected chi connectivity index (χ3v) is 3.13. The maximum atomic E-state index is 12.0. The Labute approximate surface area is 113 Å². The number of benzene rings is 1. The number of carbonyl (C=O) groups is 1. The van der Waals surface area contributed by atoms with Crippen LogP contribution in [0.2, 0.25) is 0 Å². The zero-order valence-corrected chi connectivity index (χ0v) is 11.4. The van der Waals surface area contributed by atoms with Crippen LogP contribution in [0.15, 0.2) is 47.3 Å². The zero-order chi connectivity index (χ0) is 13.7. The summed E-state index contributed by atoms with van der Waals surface area (Å²) >= 11 is 0. The predicted octanol–water partition coefficient (Wildman–Crippen LogP) is 3.29. The Morgan fingerprint density at radius 2 is 1.95 bits per heavy atom. The molecule has 0 N–H and O–H groups in total. The van der Waals surface area contributed by atoms with Crippen molar-refractivity contribution in [2.75, 3.05) is 13.6 Å². The van der Waals surface area contributed by atoms with Gasteiger partial charge in [-0.15, -0.1) is 0 Å². The topological polar surface area (TPSA) is 33.5 Å². The monoisotopic (exact) mass is 257 g/mol. The summed E-state index contributed by atoms with van der Waals surface area (Å²) in [5.74, 6) is 0.194. The molecular weight excluding hydrogens is 238 g/mol. The molecule has 100 valence electrons. The summed E-state index contributed by atoms with van der Waals surface area (Å²) in [5.41, 5.74) is 3.10. The van der Waals surface area contributed by atoms with Gasteiger partial charge in [0.15, 0.2) is 5.78 Å². The number of nitrogens with zero attached hydrogens (tertiary/aromatic N) is 1. The van der Waals surface area contributed by atoms with Gasteiger partial charge in [0.05, 0.1) is 12.5 Å². The van der Waals surface area contributed by atoms with Crippen molar-refractivity contribution >= 4 is 5.78 Å². The van der Waals surface area contributed by atoms with Crippen LogP contribution in [0.25, 0.3) is 0 Å². The fourth-order valence-corrected chi connectivity index (χ4v) is 1.95. The molecule has 0 saturated carbocycles. The van der Waals surface area contributed by atoms with Crippen molar-refractivity contribution in [3.05, 3.63) is 59.5 Å². The molecule has 0 saturated heterocycles. The summed E-state index contributed by atoms with van der Waals surface area (Å²) in [6, 6.07) is 9.69. The van der Waals surface area contributed by atoms with Crippen molar-refractivity contribution in [1.29, 1.82) is 0 Å². The molecule has 0 aliphatic carbocycles. The minimum Gasteiger partial charge on any atom is -0.472 e. The van der Waals surface area contributed by atoms with E-state index in [-0.39, 0.29) is 5.78 Å². The van der Waals surface area contributed by atoms with E-state index in [2.05, 4.69) is 4.90 Å². The van der Waals surface area contributed by atoms with E-state index in [1.807, 2.05) is 44.3 Å². The van der Waals surface area contributed by atoms with Gasteiger partial charge < -0.3 is 9.32 Å². The van der Waals surface area contributed by atoms with Crippen LogP contribution in [-0.4, -0.2) is 24.3 Å². The quantitative estimate of drug-likeness (QED) is 0.744. The van der Waals surface area contributed by atoms with Gasteiger partial charge in [-0.25, -0.2) is 0 Å². The summed E-state index contributed by atoms with van der Waals surface area (Å²) in [5, 5.41) is 0. The van der Waals surface area contributed by atoms with E-state index in [1.165, 1.54) is 5.56 Å². The van der Waals surface area contributed by atoms with Crippen LogP contribution in [0, 0.1) is 6.92 Å². The van der Waals surface area contributed by atoms with Crippen LogP contribution < -0.4 is 0 Å². The average Bonchev–Trinajstić information content (AvgIpc) is 2.89. The summed E-state index contributed by atoms with van der Waals surface area (Å²) < 4.78 is 5.03. The lowest BCUT2D eigenvalue weighted by atomic mass is 10.1. The van der Waals surface area contributed by atoms with Crippen molar-refractivity contribution in [3.63, 3.8) is 0 Å². The Morgan fingerprint density at radius 1 is 1.21 bits per heavy atom. The highest BCUT2D eigenvalue weighted by Crippen LogP contribution is 2.08. The first-order chi connectivity index (χ1) is 9.15. The lowest BCUT2D eigenvalue weighted by Crippen LogP contribution is -2.21. The standard InChI is InChI=1S/C16H19NO2/c1-13-3-5-15(6-4-13)16(18)7-9-17(2)11-14-8-10-19-12-14/h3-6,8,10,12H,7,9,11H2,1-2H3. The third kappa shape index (κ3) is 4.07. The molecule has 1 aromatic carbocycles. The van der Waals surface area contributed by atoms with Gasteiger partial charge in [-0.05, 0) is 20.0 Å². The number of furan rings is 1. The van der Waals surface area contributed by atoms with Crippen molar-refractivity contribution in [2.24, 2.45) is 0 Å². The minimum atomic E-state index is 0.194. The number of rotatable bonds is 6. The van der Waals surface area contributed by atoms with Crippen molar-refractivity contribution in [2.45, 2.75) is 19.9 Å². The smallest absolute Gasteiger partial charge is 0.164 e. The second kappa shape index (κ2) is 6.34. The van der Waals surface area contributed by atoms with Gasteiger partial charge in [-0.3, -0.25) is 4.79 Å². The summed E-state index contributed by atoms with van der Waals surface area (Å²) in [4.78, 5) is 14.1. The summed E-state index contributed by atoms with van der Waals surface area (Å²) in [6.07, 6.45) is 3.94. The molecule has 0 atom stereocenters. The van der Waals surface area contributed by atoms with Crippen LogP contribution in [0.5, 0.6) is 0 Å². The molecule has 2 rings (SSSR count). The van der Waals surface area contributed by atoms with E-state index in [4.69, 9.17) is 4.42 Å². The van der Waals surface area contributed by atoms with Crippen LogP contribution in [0.1, 0.15) is 27.9 Å². The van der Waals surface area contributed by atoms with Crippen LogP contribution in [-0.2, 0) is 6.54 Å². The largest absolute Gasteiger partial charge is 0.472 e. The van der Waals surface area contributed by atoms with E-state index < -0.39 is 0 Å². The van der Waals surface area contributed by atoms with Crippen molar-refractivity contribution in [1.82, 2.24) is 4.90 Å². The molecule has 0 aliphatic heterocycles. The molecular formula is C16H19NO2. The fraction of sp³-hybridized carbons (Fsp3) is 0.312. The normalized spacial score (nSPS) is 10.9. The number of Topliss-reactive ketones (excluding diaryl/α,β-unsaturated/α-hetero) is 1. The van der Waals surface area contributed by atoms with Gasteiger partial charge in [0, 0.05) is 30.6 Å². The van der Waals surface area contributed by atoms with Gasteiger partial charge in [0.2, 0.25) is 0 Å². The SMILES string of the molecule is Cc1ccc(C(=O)CCN(C)Cc2ccoc2)cc1. The third-order valence-electron chi connectivity index (χ3n) is 3.13. The fourth-order valence-electron chi connectivity index (χ4n) is 1.95. The van der Waals surface area contributed by atoms with Crippen LogP contribution >= 0.6 is 0 Å². The van der Waals surface area contributed by atoms with Gasteiger partial charge in [0.25, 0.3) is 0 Å². The molecule has 0 aliphatic rings. The second-order valence-corrected chi connectivity index (χ2v) is 4.91. The number of hydrogen-bond acceptors (Lipinski definition) is 3. The molecule has 0 spiro atoms. The number of hydrogen-bond donors (Lipinski definition) is 0. The maximum Gasteiger partial charge on any atom is 0.164 e. The highest BCUT2D eigenvalue weighted by molar-refractivity contribution is 5.96. The van der Waals surface area contributed by atoms with E-state index in [9.17, 15) is 4.79 Å². The van der Waals surface area contributed by atoms with E-state index in [0.717, 1.165) is 24.2 Å². The van der Waals surface area contributed by atoms with Crippen LogP contribution in [0.3, 0.4) is 0 Å². The molecule has 0 bridgehead atoms. The van der Waals surface area contributed by atoms with Gasteiger partial charge in [-0.1, -0.05) is 29.8 Å². The molecule has 19 heavy (non-hydrogen) atoms. The van der Waals surface area contributed by atoms with E-state index in [0.29, 0.717) is 6.42 Å². The Bertz CT molecular complexity index is 514. The highest BCUT2D eigenvalue weighted by atomic mass is 16.3. The van der Waals surface area contributed by atoms with E-state index in [1.54, 1.807) is 12.5 Å². The van der Waals surface area contributed by atoms with Gasteiger partial charge in [0.1, 0.15) is 0 Å².